The van der Waals surface area contributed by atoms with E-state index in [1.807, 2.05) is 47.9 Å². The molecule has 0 aliphatic carbocycles. The molecule has 3 rings (SSSR count). The predicted octanol–water partition coefficient (Wildman–Crippen LogP) is 3.20. The number of likely N-dealkylation sites (tertiary alicyclic amines) is 1. The first kappa shape index (κ1) is 14.3. The van der Waals surface area contributed by atoms with Crippen molar-refractivity contribution in [2.75, 3.05) is 13.1 Å². The summed E-state index contributed by atoms with van der Waals surface area (Å²) in [7, 11) is 0. The molecule has 0 spiro atoms. The van der Waals surface area contributed by atoms with Gasteiger partial charge >= 0.3 is 0 Å². The Balaban J connectivity index is 1.55. The summed E-state index contributed by atoms with van der Waals surface area (Å²) in [5.74, 6) is 0.775. The molecule has 4 nitrogen and oxygen atoms in total. The number of rotatable bonds is 3. The van der Waals surface area contributed by atoms with Crippen LogP contribution < -0.4 is 0 Å². The number of hydrogen-bond acceptors (Lipinski definition) is 2. The molecule has 1 saturated heterocycles. The van der Waals surface area contributed by atoms with Gasteiger partial charge in [-0.05, 0) is 43.0 Å². The summed E-state index contributed by atoms with van der Waals surface area (Å²) < 4.78 is 3.12. The van der Waals surface area contributed by atoms with Crippen LogP contribution in [0.1, 0.15) is 23.2 Å². The first-order chi connectivity index (χ1) is 10.2. The molecule has 0 bridgehead atoms. The van der Waals surface area contributed by atoms with Gasteiger partial charge in [0.1, 0.15) is 0 Å². The number of carbonyl (C=O) groups is 1. The number of amides is 1. The fraction of sp³-hybridized carbons (Fsp3) is 0.375. The number of piperidine rings is 1. The molecule has 2 aromatic rings. The minimum Gasteiger partial charge on any atom is -0.339 e. The van der Waals surface area contributed by atoms with Crippen LogP contribution in [0.3, 0.4) is 0 Å². The Morgan fingerprint density at radius 3 is 2.57 bits per heavy atom. The van der Waals surface area contributed by atoms with Crippen LogP contribution in [0.2, 0.25) is 0 Å². The summed E-state index contributed by atoms with van der Waals surface area (Å²) in [6.45, 7) is 2.68. The lowest BCUT2D eigenvalue weighted by Gasteiger charge is -2.32. The third kappa shape index (κ3) is 3.53. The highest BCUT2D eigenvalue weighted by Gasteiger charge is 2.23. The number of imidazole rings is 1. The zero-order valence-corrected chi connectivity index (χ0v) is 13.4. The maximum absolute atomic E-state index is 12.4. The Morgan fingerprint density at radius 1 is 1.24 bits per heavy atom. The molecular weight excluding hydrogens is 330 g/mol. The lowest BCUT2D eigenvalue weighted by Crippen LogP contribution is -2.39. The first-order valence-corrected chi connectivity index (χ1v) is 8.02. The number of halogens is 1. The van der Waals surface area contributed by atoms with Gasteiger partial charge in [0.25, 0.3) is 5.91 Å². The summed E-state index contributed by atoms with van der Waals surface area (Å²) in [4.78, 5) is 18.5. The van der Waals surface area contributed by atoms with Crippen LogP contribution >= 0.6 is 15.9 Å². The van der Waals surface area contributed by atoms with E-state index in [1.54, 1.807) is 0 Å². The van der Waals surface area contributed by atoms with Gasteiger partial charge in [0.2, 0.25) is 0 Å². The maximum Gasteiger partial charge on any atom is 0.253 e. The molecule has 1 aliphatic heterocycles. The zero-order valence-electron chi connectivity index (χ0n) is 11.8. The normalized spacial score (nSPS) is 16.1. The molecule has 1 aliphatic rings. The highest BCUT2D eigenvalue weighted by atomic mass is 79.9. The summed E-state index contributed by atoms with van der Waals surface area (Å²) in [5, 5.41) is 0. The van der Waals surface area contributed by atoms with Crippen molar-refractivity contribution in [3.8, 4) is 0 Å². The summed E-state index contributed by atoms with van der Waals surface area (Å²) in [6, 6.07) is 7.59. The zero-order chi connectivity index (χ0) is 14.7. The molecule has 0 saturated carbocycles. The number of benzene rings is 1. The molecule has 5 heteroatoms. The van der Waals surface area contributed by atoms with E-state index in [9.17, 15) is 4.79 Å². The van der Waals surface area contributed by atoms with Crippen molar-refractivity contribution in [2.24, 2.45) is 5.92 Å². The van der Waals surface area contributed by atoms with Crippen LogP contribution in [0.15, 0.2) is 47.5 Å². The molecular formula is C16H18BrN3O. The molecule has 2 heterocycles. The van der Waals surface area contributed by atoms with Gasteiger partial charge in [0.05, 0.1) is 6.33 Å². The summed E-state index contributed by atoms with van der Waals surface area (Å²) >= 11 is 3.39. The third-order valence-electron chi connectivity index (χ3n) is 4.02. The smallest absolute Gasteiger partial charge is 0.253 e. The molecule has 0 unspecified atom stereocenters. The van der Waals surface area contributed by atoms with E-state index in [-0.39, 0.29) is 5.91 Å². The van der Waals surface area contributed by atoms with Crippen LogP contribution in [0.4, 0.5) is 0 Å². The molecule has 21 heavy (non-hydrogen) atoms. The first-order valence-electron chi connectivity index (χ1n) is 7.23. The minimum absolute atomic E-state index is 0.142. The lowest BCUT2D eigenvalue weighted by molar-refractivity contribution is 0.0683. The molecule has 110 valence electrons. The van der Waals surface area contributed by atoms with Crippen molar-refractivity contribution >= 4 is 21.8 Å². The van der Waals surface area contributed by atoms with E-state index < -0.39 is 0 Å². The Labute approximate surface area is 132 Å². The topological polar surface area (TPSA) is 38.1 Å². The van der Waals surface area contributed by atoms with Crippen LogP contribution in [-0.4, -0.2) is 33.4 Å². The highest BCUT2D eigenvalue weighted by Crippen LogP contribution is 2.21. The van der Waals surface area contributed by atoms with Crippen molar-refractivity contribution < 1.29 is 4.79 Å². The Bertz CT molecular complexity index is 586. The van der Waals surface area contributed by atoms with Crippen molar-refractivity contribution in [1.29, 1.82) is 0 Å². The van der Waals surface area contributed by atoms with E-state index in [2.05, 4.69) is 25.5 Å². The Hall–Kier alpha value is -1.62. The highest BCUT2D eigenvalue weighted by molar-refractivity contribution is 9.10. The van der Waals surface area contributed by atoms with Crippen LogP contribution in [0.5, 0.6) is 0 Å². The van der Waals surface area contributed by atoms with Crippen molar-refractivity contribution in [3.05, 3.63) is 53.0 Å². The van der Waals surface area contributed by atoms with E-state index >= 15 is 0 Å². The van der Waals surface area contributed by atoms with Gasteiger partial charge in [-0.15, -0.1) is 0 Å². The molecule has 1 amide bonds. The van der Waals surface area contributed by atoms with Crippen molar-refractivity contribution in [2.45, 2.75) is 19.4 Å². The van der Waals surface area contributed by atoms with E-state index in [0.29, 0.717) is 5.92 Å². The quantitative estimate of drug-likeness (QED) is 0.854. The van der Waals surface area contributed by atoms with Crippen LogP contribution in [-0.2, 0) is 6.54 Å². The molecule has 1 aromatic carbocycles. The predicted molar refractivity (Wildman–Crippen MR) is 85.0 cm³/mol. The molecule has 1 aromatic heterocycles. The minimum atomic E-state index is 0.142. The monoisotopic (exact) mass is 347 g/mol. The van der Waals surface area contributed by atoms with Crippen molar-refractivity contribution in [3.63, 3.8) is 0 Å². The van der Waals surface area contributed by atoms with Crippen molar-refractivity contribution in [1.82, 2.24) is 14.5 Å². The SMILES string of the molecule is O=C(c1ccc(Br)cc1)N1CCC(Cn2ccnc2)CC1. The van der Waals surface area contributed by atoms with Gasteiger partial charge in [0.15, 0.2) is 0 Å². The fourth-order valence-corrected chi connectivity index (χ4v) is 3.05. The molecule has 1 fully saturated rings. The molecule has 0 atom stereocenters. The van der Waals surface area contributed by atoms with E-state index in [4.69, 9.17) is 0 Å². The summed E-state index contributed by atoms with van der Waals surface area (Å²) in [5.41, 5.74) is 0.770. The van der Waals surface area contributed by atoms with Gasteiger partial charge in [-0.1, -0.05) is 15.9 Å². The fourth-order valence-electron chi connectivity index (χ4n) is 2.79. The lowest BCUT2D eigenvalue weighted by atomic mass is 9.96. The average Bonchev–Trinajstić information content (AvgIpc) is 3.01. The Morgan fingerprint density at radius 2 is 1.95 bits per heavy atom. The third-order valence-corrected chi connectivity index (χ3v) is 4.55. The van der Waals surface area contributed by atoms with Crippen LogP contribution in [0.25, 0.3) is 0 Å². The Kier molecular flexibility index (Phi) is 4.39. The van der Waals surface area contributed by atoms with Crippen LogP contribution in [0, 0.1) is 5.92 Å². The molecule has 0 N–H and O–H groups in total. The van der Waals surface area contributed by atoms with Gasteiger partial charge in [0, 0.05) is 42.1 Å². The number of hydrogen-bond donors (Lipinski definition) is 0. The molecule has 0 radical (unpaired) electrons. The second kappa shape index (κ2) is 6.43. The standard InChI is InChI=1S/C16H18BrN3O/c17-15-3-1-14(2-4-15)16(21)20-8-5-13(6-9-20)11-19-10-7-18-12-19/h1-4,7,10,12-13H,5-6,8-9,11H2. The summed E-state index contributed by atoms with van der Waals surface area (Å²) in [6.07, 6.45) is 7.78. The second-order valence-corrected chi connectivity index (χ2v) is 6.42. The maximum atomic E-state index is 12.4. The van der Waals surface area contributed by atoms with E-state index in [0.717, 1.165) is 42.5 Å². The van der Waals surface area contributed by atoms with Gasteiger partial charge in [-0.2, -0.15) is 0 Å². The number of carbonyl (C=O) groups excluding carboxylic acids is 1. The van der Waals surface area contributed by atoms with Gasteiger partial charge in [-0.25, -0.2) is 4.98 Å². The van der Waals surface area contributed by atoms with E-state index in [1.165, 1.54) is 0 Å². The van der Waals surface area contributed by atoms with Gasteiger partial charge in [-0.3, -0.25) is 4.79 Å². The second-order valence-electron chi connectivity index (χ2n) is 5.50. The number of aromatic nitrogens is 2. The number of nitrogens with zero attached hydrogens (tertiary/aromatic N) is 3. The average molecular weight is 348 g/mol. The van der Waals surface area contributed by atoms with Gasteiger partial charge < -0.3 is 9.47 Å². The largest absolute Gasteiger partial charge is 0.339 e.